The molecule has 0 bridgehead atoms. The molecule has 50 heavy (non-hydrogen) atoms. The van der Waals surface area contributed by atoms with E-state index in [1.54, 1.807) is 30.9 Å². The van der Waals surface area contributed by atoms with E-state index in [1.807, 2.05) is 49.9 Å². The van der Waals surface area contributed by atoms with Crippen LogP contribution in [0.25, 0.3) is 0 Å². The molecule has 2 heterocycles. The van der Waals surface area contributed by atoms with E-state index >= 15 is 0 Å². The number of para-hydroxylation sites is 1. The molecule has 4 rings (SSSR count). The number of aryl methyl sites for hydroxylation is 2. The second-order valence-electron chi connectivity index (χ2n) is 14.0. The number of benzene rings is 2. The molecule has 0 aromatic heterocycles. The summed E-state index contributed by atoms with van der Waals surface area (Å²) in [5, 5.41) is 19.0. The molecule has 4 N–H and O–H groups in total. The van der Waals surface area contributed by atoms with Crippen molar-refractivity contribution in [3.8, 4) is 5.75 Å². The first-order chi connectivity index (χ1) is 23.3. The Hall–Kier alpha value is -4.48. The Labute approximate surface area is 297 Å². The third-order valence-electron chi connectivity index (χ3n) is 8.88. The van der Waals surface area contributed by atoms with Gasteiger partial charge in [-0.05, 0) is 95.0 Å². The van der Waals surface area contributed by atoms with Gasteiger partial charge in [-0.1, -0.05) is 50.6 Å². The number of aromatic hydroxyl groups is 1. The van der Waals surface area contributed by atoms with Crippen LogP contribution in [0.1, 0.15) is 89.0 Å². The van der Waals surface area contributed by atoms with Crippen molar-refractivity contribution in [2.24, 2.45) is 0 Å². The van der Waals surface area contributed by atoms with Gasteiger partial charge in [0.05, 0.1) is 0 Å². The zero-order valence-corrected chi connectivity index (χ0v) is 29.6. The van der Waals surface area contributed by atoms with Gasteiger partial charge in [0.2, 0.25) is 0 Å². The van der Waals surface area contributed by atoms with Crippen molar-refractivity contribution in [3.05, 3.63) is 58.7 Å². The molecule has 0 unspecified atom stereocenters. The molecule has 5 amide bonds. The van der Waals surface area contributed by atoms with Crippen molar-refractivity contribution in [1.82, 2.24) is 20.4 Å². The largest absolute Gasteiger partial charge is 0.507 e. The molecule has 2 aromatic rings. The van der Waals surface area contributed by atoms with E-state index in [0.29, 0.717) is 56.7 Å². The zero-order chi connectivity index (χ0) is 35.6. The average molecular weight is 696 g/mol. The number of fused-ring (bicyclic) bond motifs is 1. The lowest BCUT2D eigenvalue weighted by molar-refractivity contribution is -0.130. The number of anilines is 1. The highest BCUT2D eigenvalue weighted by Gasteiger charge is 2.33. The van der Waals surface area contributed by atoms with E-state index in [0.717, 1.165) is 48.9 Å². The van der Waals surface area contributed by atoms with Gasteiger partial charge in [-0.15, -0.1) is 0 Å². The number of nitrogens with one attached hydrogen (secondary N) is 3. The number of phenols is 1. The Morgan fingerprint density at radius 2 is 1.58 bits per heavy atom. The van der Waals surface area contributed by atoms with Crippen molar-refractivity contribution < 1.29 is 33.8 Å². The summed E-state index contributed by atoms with van der Waals surface area (Å²) in [6.07, 6.45) is 3.36. The molecule has 2 aromatic carbocycles. The van der Waals surface area contributed by atoms with Crippen molar-refractivity contribution in [2.45, 2.75) is 111 Å². The van der Waals surface area contributed by atoms with Gasteiger partial charge in [0.15, 0.2) is 6.10 Å². The lowest BCUT2D eigenvalue weighted by atomic mass is 10.0. The van der Waals surface area contributed by atoms with Gasteiger partial charge >= 0.3 is 18.2 Å². The molecular weight excluding hydrogens is 638 g/mol. The zero-order valence-electron chi connectivity index (χ0n) is 29.6. The molecule has 12 nitrogen and oxygen atoms in total. The van der Waals surface area contributed by atoms with Crippen LogP contribution in [0.4, 0.5) is 20.1 Å². The molecule has 1 fully saturated rings. The van der Waals surface area contributed by atoms with Crippen LogP contribution in [0, 0.1) is 13.8 Å². The predicted octanol–water partition coefficient (Wildman–Crippen LogP) is 6.45. The summed E-state index contributed by atoms with van der Waals surface area (Å²) >= 11 is 0. The van der Waals surface area contributed by atoms with Crippen molar-refractivity contribution >= 4 is 29.8 Å². The summed E-state index contributed by atoms with van der Waals surface area (Å²) in [6.45, 7) is 11.4. The fraction of sp³-hybridized carbons (Fsp3) is 0.579. The number of hydrogen-bond acceptors (Lipinski definition) is 7. The average Bonchev–Trinajstić information content (AvgIpc) is 3.21. The van der Waals surface area contributed by atoms with Gasteiger partial charge in [-0.3, -0.25) is 4.79 Å². The molecule has 0 aliphatic carbocycles. The smallest absolute Gasteiger partial charge is 0.410 e. The third kappa shape index (κ3) is 11.8. The minimum absolute atomic E-state index is 0. The Morgan fingerprint density at radius 1 is 0.960 bits per heavy atom. The third-order valence-corrected chi connectivity index (χ3v) is 8.88. The molecule has 1 atom stereocenters. The summed E-state index contributed by atoms with van der Waals surface area (Å²) < 4.78 is 11.1. The first-order valence-electron chi connectivity index (χ1n) is 17.5. The maximum atomic E-state index is 13.4. The maximum absolute atomic E-state index is 13.4. The van der Waals surface area contributed by atoms with E-state index in [9.17, 15) is 24.3 Å². The highest BCUT2D eigenvalue weighted by Crippen LogP contribution is 2.26. The van der Waals surface area contributed by atoms with Gasteiger partial charge in [-0.2, -0.15) is 0 Å². The number of unbranched alkanes of at least 4 members (excludes halogenated alkanes) is 3. The Morgan fingerprint density at radius 3 is 2.22 bits per heavy atom. The molecule has 12 heteroatoms. The van der Waals surface area contributed by atoms with Crippen LogP contribution in [0.2, 0.25) is 0 Å². The summed E-state index contributed by atoms with van der Waals surface area (Å²) in [7, 11) is 0. The Bertz CT molecular complexity index is 1440. The fourth-order valence-corrected chi connectivity index (χ4v) is 6.29. The minimum atomic E-state index is -1.05. The number of nitrogens with zero attached hydrogens (tertiary/aromatic N) is 2. The van der Waals surface area contributed by atoms with E-state index in [4.69, 9.17) is 9.47 Å². The highest BCUT2D eigenvalue weighted by molar-refractivity contribution is 5.91. The van der Waals surface area contributed by atoms with Crippen molar-refractivity contribution in [2.75, 3.05) is 38.0 Å². The minimum Gasteiger partial charge on any atom is -0.507 e. The lowest BCUT2D eigenvalue weighted by Gasteiger charge is -2.37. The van der Waals surface area contributed by atoms with Crippen LogP contribution in [0.3, 0.4) is 0 Å². The molecule has 1 saturated heterocycles. The molecular formula is C38H57N5O7. The molecule has 0 radical (unpaired) electrons. The van der Waals surface area contributed by atoms with Crippen LogP contribution in [-0.2, 0) is 27.1 Å². The number of hydrogen-bond donors (Lipinski definition) is 4. The number of urea groups is 1. The topological polar surface area (TPSA) is 150 Å². The number of carbonyl (C=O) groups is 4. The van der Waals surface area contributed by atoms with Gasteiger partial charge in [0.1, 0.15) is 11.4 Å². The number of rotatable bonds is 12. The quantitative estimate of drug-likeness (QED) is 0.187. The van der Waals surface area contributed by atoms with Crippen LogP contribution in [-0.4, -0.2) is 89.5 Å². The summed E-state index contributed by atoms with van der Waals surface area (Å²) in [4.78, 5) is 55.1. The van der Waals surface area contributed by atoms with E-state index in [-0.39, 0.29) is 37.6 Å². The van der Waals surface area contributed by atoms with Crippen LogP contribution < -0.4 is 16.0 Å². The van der Waals surface area contributed by atoms with Crippen LogP contribution >= 0.6 is 0 Å². The lowest BCUT2D eigenvalue weighted by Crippen LogP contribution is -2.51. The summed E-state index contributed by atoms with van der Waals surface area (Å²) in [6, 6.07) is 11.3. The molecule has 0 saturated carbocycles. The summed E-state index contributed by atoms with van der Waals surface area (Å²) in [5.41, 5.74) is 3.56. The predicted molar refractivity (Wildman–Crippen MR) is 194 cm³/mol. The first kappa shape index (κ1) is 40.0. The Kier molecular flexibility index (Phi) is 14.8. The molecule has 2 aliphatic heterocycles. The molecule has 276 valence electrons. The molecule has 2 aliphatic rings. The van der Waals surface area contributed by atoms with Crippen molar-refractivity contribution in [3.63, 3.8) is 0 Å². The normalized spacial score (nSPS) is 15.5. The van der Waals surface area contributed by atoms with Gasteiger partial charge < -0.3 is 40.3 Å². The standard InChI is InChI=1S/C37H53N5O7.CH4/c1-25-22-27(23-26(2)32(25)43)24-31(33(44)38-17-10-6-7-11-18-39-35(46)49-37(3,4)5)48-36(47)41-19-15-29(16-20-41)42-21-14-28-12-8-9-13-30(28)40-34(42)45;/h8-9,12-13,22-23,29,31,43H,6-7,10-11,14-21,24H2,1-5H3,(H,38,44)(H,39,46)(H,40,45);1H4/t31-;/m1./s1. The number of phenolic OH excluding ortho intramolecular Hbond substituents is 1. The number of piperidine rings is 1. The first-order valence-corrected chi connectivity index (χ1v) is 17.5. The van der Waals surface area contributed by atoms with Crippen LogP contribution in [0.15, 0.2) is 36.4 Å². The number of alkyl carbamates (subject to hydrolysis) is 1. The maximum Gasteiger partial charge on any atom is 0.410 e. The number of likely N-dealkylation sites (tertiary alicyclic amines) is 1. The van der Waals surface area contributed by atoms with E-state index in [2.05, 4.69) is 16.0 Å². The van der Waals surface area contributed by atoms with E-state index in [1.165, 1.54) is 0 Å². The second-order valence-corrected chi connectivity index (χ2v) is 14.0. The Balaban J connectivity index is 0.00000676. The van der Waals surface area contributed by atoms with Gasteiger partial charge in [0, 0.05) is 50.9 Å². The second kappa shape index (κ2) is 18.5. The number of amides is 5. The SMILES string of the molecule is C.Cc1cc(C[C@@H](OC(=O)N2CCC(N3CCc4ccccc4NC3=O)CC2)C(=O)NCCCCCCNC(=O)OC(C)(C)C)cc(C)c1O. The molecule has 0 spiro atoms. The summed E-state index contributed by atoms with van der Waals surface area (Å²) in [5.74, 6) is -0.174. The van der Waals surface area contributed by atoms with E-state index < -0.39 is 23.9 Å². The van der Waals surface area contributed by atoms with Gasteiger partial charge in [0.25, 0.3) is 5.91 Å². The van der Waals surface area contributed by atoms with Gasteiger partial charge in [-0.25, -0.2) is 14.4 Å². The fourth-order valence-electron chi connectivity index (χ4n) is 6.29. The van der Waals surface area contributed by atoms with Crippen molar-refractivity contribution in [1.29, 1.82) is 0 Å². The monoisotopic (exact) mass is 695 g/mol. The van der Waals surface area contributed by atoms with Crippen LogP contribution in [0.5, 0.6) is 5.75 Å². The highest BCUT2D eigenvalue weighted by atomic mass is 16.6. The number of ether oxygens (including phenoxy) is 2. The number of carbonyl (C=O) groups excluding carboxylic acids is 4.